The van der Waals surface area contributed by atoms with Gasteiger partial charge in [-0.05, 0) is 48.4 Å². The third kappa shape index (κ3) is 4.12. The quantitative estimate of drug-likeness (QED) is 0.732. The monoisotopic (exact) mass is 380 g/mol. The molecule has 0 aliphatic carbocycles. The maximum Gasteiger partial charge on any atom is 0.259 e. The fourth-order valence-corrected chi connectivity index (χ4v) is 2.82. The summed E-state index contributed by atoms with van der Waals surface area (Å²) < 4.78 is 0. The number of aromatic nitrogens is 2. The molecule has 0 unspecified atom stereocenters. The second kappa shape index (κ2) is 7.97. The topological polar surface area (TPSA) is 89.2 Å². The lowest BCUT2D eigenvalue weighted by Gasteiger charge is -2.20. The fourth-order valence-electron chi connectivity index (χ4n) is 2.70. The average Bonchev–Trinajstić information content (AvgIpc) is 2.69. The number of anilines is 1. The number of hydrogen-bond acceptors (Lipinski definition) is 4. The van der Waals surface area contributed by atoms with E-state index in [0.29, 0.717) is 28.5 Å². The molecular weight excluding hydrogens is 364 g/mol. The van der Waals surface area contributed by atoms with Crippen molar-refractivity contribution >= 4 is 29.2 Å². The zero-order chi connectivity index (χ0) is 19.4. The molecular formula is C20H17ClN4O2. The molecule has 2 aromatic carbocycles. The first kappa shape index (κ1) is 18.5. The van der Waals surface area contributed by atoms with Crippen LogP contribution >= 0.6 is 11.6 Å². The number of primary amides is 1. The summed E-state index contributed by atoms with van der Waals surface area (Å²) in [6, 6.07) is 12.0. The molecule has 0 saturated heterocycles. The molecule has 3 aromatic rings. The predicted molar refractivity (Wildman–Crippen MR) is 105 cm³/mol. The molecule has 2 N–H and O–H groups in total. The van der Waals surface area contributed by atoms with Crippen molar-refractivity contribution in [2.24, 2.45) is 5.73 Å². The zero-order valence-corrected chi connectivity index (χ0v) is 15.3. The number of halogens is 1. The Labute approximate surface area is 161 Å². The fraction of sp³-hybridized carbons (Fsp3) is 0.100. The molecule has 0 aliphatic rings. The third-order valence-electron chi connectivity index (χ3n) is 4.03. The summed E-state index contributed by atoms with van der Waals surface area (Å²) in [4.78, 5) is 34.5. The van der Waals surface area contributed by atoms with Crippen molar-refractivity contribution in [1.82, 2.24) is 9.97 Å². The second-order valence-electron chi connectivity index (χ2n) is 5.78. The van der Waals surface area contributed by atoms with Crippen molar-refractivity contribution in [1.29, 1.82) is 0 Å². The minimum Gasteiger partial charge on any atom is -0.366 e. The highest BCUT2D eigenvalue weighted by molar-refractivity contribution is 6.30. The Morgan fingerprint density at radius 2 is 1.74 bits per heavy atom. The van der Waals surface area contributed by atoms with Gasteiger partial charge in [0.25, 0.3) is 5.91 Å². The molecule has 6 nitrogen and oxygen atoms in total. The summed E-state index contributed by atoms with van der Waals surface area (Å²) in [7, 11) is 0. The number of carbonyl (C=O) groups excluding carboxylic acids is 2. The number of carbonyl (C=O) groups is 2. The highest BCUT2D eigenvalue weighted by Crippen LogP contribution is 2.25. The van der Waals surface area contributed by atoms with Crippen LogP contribution in [-0.4, -0.2) is 28.3 Å². The van der Waals surface area contributed by atoms with E-state index in [1.807, 2.05) is 19.1 Å². The number of rotatable bonds is 5. The van der Waals surface area contributed by atoms with Gasteiger partial charge in [-0.1, -0.05) is 23.7 Å². The van der Waals surface area contributed by atoms with Gasteiger partial charge in [0.2, 0.25) is 5.91 Å². The van der Waals surface area contributed by atoms with Gasteiger partial charge in [0.1, 0.15) is 0 Å². The van der Waals surface area contributed by atoms with E-state index in [1.54, 1.807) is 24.3 Å². The molecule has 0 radical (unpaired) electrons. The molecule has 2 amide bonds. The van der Waals surface area contributed by atoms with Gasteiger partial charge in [0.05, 0.1) is 6.20 Å². The largest absolute Gasteiger partial charge is 0.366 e. The van der Waals surface area contributed by atoms with Crippen LogP contribution in [0.3, 0.4) is 0 Å². The SMILES string of the molecule is CCN(C(=O)c1cc(C(N)=O)cc(-c2ccc(Cl)cc2)c1)c1cnccn1. The van der Waals surface area contributed by atoms with E-state index in [-0.39, 0.29) is 11.5 Å². The van der Waals surface area contributed by atoms with Crippen LogP contribution < -0.4 is 10.6 Å². The Balaban J connectivity index is 2.07. The van der Waals surface area contributed by atoms with Crippen LogP contribution in [0.2, 0.25) is 5.02 Å². The molecule has 136 valence electrons. The van der Waals surface area contributed by atoms with Crippen molar-refractivity contribution in [3.63, 3.8) is 0 Å². The van der Waals surface area contributed by atoms with Crippen LogP contribution in [-0.2, 0) is 0 Å². The van der Waals surface area contributed by atoms with Crippen LogP contribution in [0.1, 0.15) is 27.6 Å². The summed E-state index contributed by atoms with van der Waals surface area (Å²) in [5, 5.41) is 0.598. The molecule has 27 heavy (non-hydrogen) atoms. The molecule has 0 saturated carbocycles. The lowest BCUT2D eigenvalue weighted by Crippen LogP contribution is -2.31. The summed E-state index contributed by atoms with van der Waals surface area (Å²) in [6.07, 6.45) is 4.57. The summed E-state index contributed by atoms with van der Waals surface area (Å²) in [5.74, 6) is -0.471. The highest BCUT2D eigenvalue weighted by Gasteiger charge is 2.19. The Hall–Kier alpha value is -3.25. The van der Waals surface area contributed by atoms with Gasteiger partial charge in [-0.15, -0.1) is 0 Å². The Morgan fingerprint density at radius 3 is 2.33 bits per heavy atom. The van der Waals surface area contributed by atoms with E-state index in [0.717, 1.165) is 5.56 Å². The second-order valence-corrected chi connectivity index (χ2v) is 6.22. The van der Waals surface area contributed by atoms with E-state index in [9.17, 15) is 9.59 Å². The summed E-state index contributed by atoms with van der Waals surface area (Å²) in [5.41, 5.74) is 7.57. The van der Waals surface area contributed by atoms with Crippen LogP contribution in [0.15, 0.2) is 61.1 Å². The minimum atomic E-state index is -0.609. The normalized spacial score (nSPS) is 10.4. The molecule has 0 aliphatic heterocycles. The maximum absolute atomic E-state index is 13.1. The average molecular weight is 381 g/mol. The minimum absolute atomic E-state index is 0.251. The Morgan fingerprint density at radius 1 is 1.04 bits per heavy atom. The van der Waals surface area contributed by atoms with Gasteiger partial charge in [-0.3, -0.25) is 19.5 Å². The van der Waals surface area contributed by atoms with Crippen LogP contribution in [0.25, 0.3) is 11.1 Å². The smallest absolute Gasteiger partial charge is 0.259 e. The molecule has 7 heteroatoms. The number of nitrogens with two attached hydrogens (primary N) is 1. The van der Waals surface area contributed by atoms with Crippen molar-refractivity contribution in [2.45, 2.75) is 6.92 Å². The zero-order valence-electron chi connectivity index (χ0n) is 14.6. The Bertz CT molecular complexity index is 975. The van der Waals surface area contributed by atoms with E-state index in [2.05, 4.69) is 9.97 Å². The van der Waals surface area contributed by atoms with Gasteiger partial charge in [-0.2, -0.15) is 0 Å². The number of nitrogens with zero attached hydrogens (tertiary/aromatic N) is 3. The number of benzene rings is 2. The summed E-state index contributed by atoms with van der Waals surface area (Å²) in [6.45, 7) is 2.24. The maximum atomic E-state index is 13.1. The van der Waals surface area contributed by atoms with E-state index < -0.39 is 5.91 Å². The van der Waals surface area contributed by atoms with Gasteiger partial charge in [0.15, 0.2) is 5.82 Å². The Kier molecular flexibility index (Phi) is 5.47. The van der Waals surface area contributed by atoms with Gasteiger partial charge >= 0.3 is 0 Å². The van der Waals surface area contributed by atoms with E-state index in [1.165, 1.54) is 29.6 Å². The third-order valence-corrected chi connectivity index (χ3v) is 4.28. The molecule has 1 heterocycles. The van der Waals surface area contributed by atoms with Crippen molar-refractivity contribution < 1.29 is 9.59 Å². The standard InChI is InChI=1S/C20H17ClN4O2/c1-2-25(18-12-23-7-8-24-18)20(27)16-10-14(9-15(11-16)19(22)26)13-3-5-17(21)6-4-13/h3-12H,2H2,1H3,(H2,22,26). The number of hydrogen-bond donors (Lipinski definition) is 1. The van der Waals surface area contributed by atoms with Crippen LogP contribution in [0.5, 0.6) is 0 Å². The summed E-state index contributed by atoms with van der Waals surface area (Å²) >= 11 is 5.94. The van der Waals surface area contributed by atoms with Gasteiger partial charge < -0.3 is 5.73 Å². The van der Waals surface area contributed by atoms with Crippen molar-refractivity contribution in [2.75, 3.05) is 11.4 Å². The molecule has 0 atom stereocenters. The first-order chi connectivity index (χ1) is 13.0. The molecule has 0 fully saturated rings. The lowest BCUT2D eigenvalue weighted by atomic mass is 9.99. The molecule has 0 bridgehead atoms. The first-order valence-electron chi connectivity index (χ1n) is 8.28. The van der Waals surface area contributed by atoms with Crippen molar-refractivity contribution in [3.8, 4) is 11.1 Å². The van der Waals surface area contributed by atoms with Gasteiger partial charge in [-0.25, -0.2) is 4.98 Å². The van der Waals surface area contributed by atoms with Crippen LogP contribution in [0.4, 0.5) is 5.82 Å². The number of amides is 2. The highest BCUT2D eigenvalue weighted by atomic mass is 35.5. The lowest BCUT2D eigenvalue weighted by molar-refractivity contribution is 0.0987. The first-order valence-corrected chi connectivity index (χ1v) is 8.66. The predicted octanol–water partition coefficient (Wildman–Crippen LogP) is 3.56. The van der Waals surface area contributed by atoms with Gasteiger partial charge in [0, 0.05) is 35.1 Å². The van der Waals surface area contributed by atoms with E-state index >= 15 is 0 Å². The molecule has 0 spiro atoms. The van der Waals surface area contributed by atoms with Crippen LogP contribution in [0, 0.1) is 0 Å². The molecule has 3 rings (SSSR count). The van der Waals surface area contributed by atoms with Crippen molar-refractivity contribution in [3.05, 3.63) is 77.2 Å². The van der Waals surface area contributed by atoms with E-state index in [4.69, 9.17) is 17.3 Å². The molecule has 1 aromatic heterocycles.